The number of nitrogens with zero attached hydrogens (tertiary/aromatic N) is 1. The zero-order valence-electron chi connectivity index (χ0n) is 17.2. The molecule has 2 aromatic rings. The van der Waals surface area contributed by atoms with Crippen LogP contribution in [0, 0.1) is 0 Å². The molecule has 1 aliphatic heterocycles. The normalized spacial score (nSPS) is 14.7. The van der Waals surface area contributed by atoms with Gasteiger partial charge in [0.1, 0.15) is 5.75 Å². The van der Waals surface area contributed by atoms with Gasteiger partial charge in [0.15, 0.2) is 22.4 Å². The van der Waals surface area contributed by atoms with Crippen molar-refractivity contribution in [3.8, 4) is 17.2 Å². The van der Waals surface area contributed by atoms with Crippen molar-refractivity contribution in [1.82, 2.24) is 0 Å². The third-order valence-corrected chi connectivity index (χ3v) is 5.57. The number of thiocarbonyl (C=S) groups is 1. The van der Waals surface area contributed by atoms with E-state index in [1.54, 1.807) is 55.7 Å². The number of esters is 1. The van der Waals surface area contributed by atoms with Crippen LogP contribution in [-0.4, -0.2) is 43.6 Å². The van der Waals surface area contributed by atoms with Crippen LogP contribution in [0.4, 0.5) is 5.69 Å². The lowest BCUT2D eigenvalue weighted by Crippen LogP contribution is -2.27. The van der Waals surface area contributed by atoms with Crippen LogP contribution in [0.15, 0.2) is 47.4 Å². The third kappa shape index (κ3) is 5.36. The second-order valence-corrected chi connectivity index (χ2v) is 7.89. The molecule has 0 atom stereocenters. The molecule has 162 valence electrons. The molecule has 0 aliphatic carbocycles. The van der Waals surface area contributed by atoms with E-state index in [4.69, 9.17) is 26.4 Å². The summed E-state index contributed by atoms with van der Waals surface area (Å²) in [4.78, 5) is 26.3. The summed E-state index contributed by atoms with van der Waals surface area (Å²) in [5.41, 5.74) is 1.41. The average molecular weight is 460 g/mol. The summed E-state index contributed by atoms with van der Waals surface area (Å²) >= 11 is 6.65. The lowest BCUT2D eigenvalue weighted by atomic mass is 10.1. The Balaban J connectivity index is 1.83. The molecule has 0 radical (unpaired) electrons. The van der Waals surface area contributed by atoms with E-state index < -0.39 is 5.97 Å². The van der Waals surface area contributed by atoms with Crippen LogP contribution < -0.4 is 19.1 Å². The second kappa shape index (κ2) is 10.3. The van der Waals surface area contributed by atoms with Crippen molar-refractivity contribution in [3.05, 3.63) is 52.9 Å². The summed E-state index contributed by atoms with van der Waals surface area (Å²) in [5.74, 6) is 0.876. The number of hydrogen-bond donors (Lipinski definition) is 0. The Morgan fingerprint density at radius 3 is 2.48 bits per heavy atom. The first-order valence-corrected chi connectivity index (χ1v) is 10.6. The zero-order chi connectivity index (χ0) is 22.4. The van der Waals surface area contributed by atoms with Gasteiger partial charge in [-0.1, -0.05) is 30.0 Å². The number of hydrogen-bond acceptors (Lipinski definition) is 8. The highest BCUT2D eigenvalue weighted by Crippen LogP contribution is 2.37. The Bertz CT molecular complexity index is 1020. The van der Waals surface area contributed by atoms with Gasteiger partial charge in [-0.25, -0.2) is 4.79 Å². The molecular formula is C22H21NO6S2. The Morgan fingerprint density at radius 2 is 1.84 bits per heavy atom. The molecule has 0 spiro atoms. The fourth-order valence-electron chi connectivity index (χ4n) is 2.77. The maximum atomic E-state index is 13.0. The molecule has 7 nitrogen and oxygen atoms in total. The van der Waals surface area contributed by atoms with Gasteiger partial charge in [0.25, 0.3) is 5.91 Å². The highest BCUT2D eigenvalue weighted by molar-refractivity contribution is 8.27. The molecule has 1 heterocycles. The average Bonchev–Trinajstić information content (AvgIpc) is 3.06. The van der Waals surface area contributed by atoms with Gasteiger partial charge < -0.3 is 18.9 Å². The van der Waals surface area contributed by atoms with Crippen LogP contribution in [0.25, 0.3) is 6.08 Å². The van der Waals surface area contributed by atoms with Crippen molar-refractivity contribution in [3.63, 3.8) is 0 Å². The number of rotatable bonds is 8. The van der Waals surface area contributed by atoms with E-state index in [9.17, 15) is 9.59 Å². The van der Waals surface area contributed by atoms with Gasteiger partial charge in [0.05, 0.1) is 31.4 Å². The quantitative estimate of drug-likeness (QED) is 0.333. The maximum absolute atomic E-state index is 13.0. The van der Waals surface area contributed by atoms with E-state index in [0.29, 0.717) is 38.8 Å². The topological polar surface area (TPSA) is 74.3 Å². The summed E-state index contributed by atoms with van der Waals surface area (Å²) in [7, 11) is 2.87. The first kappa shape index (κ1) is 22.6. The Morgan fingerprint density at radius 1 is 1.10 bits per heavy atom. The van der Waals surface area contributed by atoms with Gasteiger partial charge >= 0.3 is 5.97 Å². The molecule has 0 aromatic heterocycles. The van der Waals surface area contributed by atoms with Gasteiger partial charge in [-0.05, 0) is 55.0 Å². The van der Waals surface area contributed by atoms with E-state index >= 15 is 0 Å². The zero-order valence-corrected chi connectivity index (χ0v) is 18.9. The minimum absolute atomic E-state index is 0.204. The van der Waals surface area contributed by atoms with Crippen molar-refractivity contribution in [2.45, 2.75) is 6.92 Å². The smallest absolute Gasteiger partial charge is 0.343 e. The summed E-state index contributed by atoms with van der Waals surface area (Å²) in [6.07, 6.45) is 1.75. The fourth-order valence-corrected chi connectivity index (χ4v) is 4.07. The van der Waals surface area contributed by atoms with Gasteiger partial charge in [0.2, 0.25) is 0 Å². The van der Waals surface area contributed by atoms with Crippen LogP contribution in [0.2, 0.25) is 0 Å². The van der Waals surface area contributed by atoms with E-state index in [-0.39, 0.29) is 12.5 Å². The number of benzene rings is 2. The monoisotopic (exact) mass is 459 g/mol. The summed E-state index contributed by atoms with van der Waals surface area (Å²) < 4.78 is 21.3. The van der Waals surface area contributed by atoms with Crippen molar-refractivity contribution in [1.29, 1.82) is 0 Å². The van der Waals surface area contributed by atoms with E-state index in [2.05, 4.69) is 4.74 Å². The Kier molecular flexibility index (Phi) is 7.54. The SMILES string of the molecule is CCOc1cc(/C=C2\SC(=S)N(c3ccc(OC)cc3)C2=O)ccc1OCC(=O)OC. The Labute approximate surface area is 189 Å². The molecule has 0 bridgehead atoms. The summed E-state index contributed by atoms with van der Waals surface area (Å²) in [5, 5.41) is 0. The molecule has 31 heavy (non-hydrogen) atoms. The molecular weight excluding hydrogens is 438 g/mol. The minimum Gasteiger partial charge on any atom is -0.497 e. The molecule has 3 rings (SSSR count). The van der Waals surface area contributed by atoms with E-state index in [1.807, 2.05) is 6.92 Å². The molecule has 0 unspecified atom stereocenters. The van der Waals surface area contributed by atoms with E-state index in [0.717, 1.165) is 5.56 Å². The highest BCUT2D eigenvalue weighted by Gasteiger charge is 2.33. The predicted octanol–water partition coefficient (Wildman–Crippen LogP) is 4.05. The summed E-state index contributed by atoms with van der Waals surface area (Å²) in [6, 6.07) is 12.3. The molecule has 0 saturated carbocycles. The third-order valence-electron chi connectivity index (χ3n) is 4.26. The first-order chi connectivity index (χ1) is 15.0. The molecule has 2 aromatic carbocycles. The Hall–Kier alpha value is -3.04. The predicted molar refractivity (Wildman–Crippen MR) is 124 cm³/mol. The fraction of sp³-hybridized carbons (Fsp3) is 0.227. The number of thioether (sulfide) groups is 1. The van der Waals surface area contributed by atoms with Crippen molar-refractivity contribution < 1.29 is 28.5 Å². The molecule has 1 aliphatic rings. The number of anilines is 1. The van der Waals surface area contributed by atoms with Gasteiger partial charge in [-0.3, -0.25) is 9.69 Å². The van der Waals surface area contributed by atoms with Crippen molar-refractivity contribution in [2.24, 2.45) is 0 Å². The van der Waals surface area contributed by atoms with Gasteiger partial charge in [0, 0.05) is 0 Å². The van der Waals surface area contributed by atoms with Gasteiger partial charge in [-0.15, -0.1) is 0 Å². The largest absolute Gasteiger partial charge is 0.497 e. The van der Waals surface area contributed by atoms with Gasteiger partial charge in [-0.2, -0.15) is 0 Å². The van der Waals surface area contributed by atoms with Crippen LogP contribution >= 0.6 is 24.0 Å². The number of carbonyl (C=O) groups is 2. The van der Waals surface area contributed by atoms with Crippen molar-refractivity contribution >= 4 is 51.9 Å². The van der Waals surface area contributed by atoms with Crippen LogP contribution in [0.5, 0.6) is 17.2 Å². The molecule has 9 heteroatoms. The summed E-state index contributed by atoms with van der Waals surface area (Å²) in [6.45, 7) is 2.03. The molecule has 1 fully saturated rings. The van der Waals surface area contributed by atoms with Crippen LogP contribution in [-0.2, 0) is 14.3 Å². The number of amides is 1. The molecule has 1 saturated heterocycles. The standard InChI is InChI=1S/C22H21NO6S2/c1-4-28-18-11-14(5-10-17(18)29-13-20(24)27-3)12-19-21(25)23(22(30)31-19)15-6-8-16(26-2)9-7-15/h5-12H,4,13H2,1-3H3/b19-12-. The first-order valence-electron chi connectivity index (χ1n) is 9.35. The molecule has 0 N–H and O–H groups in total. The molecule has 1 amide bonds. The van der Waals surface area contributed by atoms with E-state index in [1.165, 1.54) is 23.8 Å². The minimum atomic E-state index is -0.492. The lowest BCUT2D eigenvalue weighted by Gasteiger charge is -2.14. The van der Waals surface area contributed by atoms with Crippen LogP contribution in [0.1, 0.15) is 12.5 Å². The lowest BCUT2D eigenvalue weighted by molar-refractivity contribution is -0.142. The second-order valence-electron chi connectivity index (χ2n) is 6.22. The number of carbonyl (C=O) groups excluding carboxylic acids is 2. The van der Waals surface area contributed by atoms with Crippen molar-refractivity contribution in [2.75, 3.05) is 32.3 Å². The highest BCUT2D eigenvalue weighted by atomic mass is 32.2. The number of methoxy groups -OCH3 is 2. The van der Waals surface area contributed by atoms with Crippen LogP contribution in [0.3, 0.4) is 0 Å². The number of ether oxygens (including phenoxy) is 4. The maximum Gasteiger partial charge on any atom is 0.343 e.